The lowest BCUT2D eigenvalue weighted by Crippen LogP contribution is -2.22. The van der Waals surface area contributed by atoms with Crippen molar-refractivity contribution in [2.45, 2.75) is 52.2 Å². The molecule has 12 heteroatoms. The molecule has 1 aromatic carbocycles. The number of aryl methyl sites for hydroxylation is 1. The standard InChI is InChI=1S/C25H34N5O6P/c1-18-7-9-19(10-8-18)15-35-37(33,36-16-21(31)20-5-3-2-4-6-20)14-13-34-12-11-30-17-27-22-23(30)28-25(26)29-24(22)32/h7-10,17,20H,2-6,11-16H2,1H3,(H3,26,28,29,32). The summed E-state index contributed by atoms with van der Waals surface area (Å²) in [6.45, 7) is 2.59. The Hall–Kier alpha value is -2.85. The van der Waals surface area contributed by atoms with Crippen molar-refractivity contribution < 1.29 is 23.1 Å². The minimum Gasteiger partial charge on any atom is -0.379 e. The van der Waals surface area contributed by atoms with Crippen LogP contribution in [0.2, 0.25) is 0 Å². The van der Waals surface area contributed by atoms with Crippen molar-refractivity contribution in [3.8, 4) is 0 Å². The van der Waals surface area contributed by atoms with Crippen LogP contribution >= 0.6 is 7.60 Å². The van der Waals surface area contributed by atoms with Crippen LogP contribution in [0.4, 0.5) is 5.95 Å². The summed E-state index contributed by atoms with van der Waals surface area (Å²) in [5, 5.41) is 0. The van der Waals surface area contributed by atoms with Gasteiger partial charge in [-0.05, 0) is 25.3 Å². The molecule has 0 aliphatic heterocycles. The predicted molar refractivity (Wildman–Crippen MR) is 139 cm³/mol. The SMILES string of the molecule is Cc1ccc(COP(=O)(CCOCCn2cnc3c(=O)[nH]c(N)nc32)OCC(=O)C2CCCCC2)cc1. The van der Waals surface area contributed by atoms with E-state index in [4.69, 9.17) is 19.5 Å². The Morgan fingerprint density at radius 2 is 1.92 bits per heavy atom. The van der Waals surface area contributed by atoms with E-state index in [0.29, 0.717) is 12.2 Å². The number of nitrogens with zero attached hydrogens (tertiary/aromatic N) is 3. The Bertz CT molecular complexity index is 1300. The van der Waals surface area contributed by atoms with Crippen LogP contribution in [0.25, 0.3) is 11.2 Å². The van der Waals surface area contributed by atoms with Crippen molar-refractivity contribution in [1.82, 2.24) is 19.5 Å². The maximum absolute atomic E-state index is 13.5. The highest BCUT2D eigenvalue weighted by Gasteiger charge is 2.29. The van der Waals surface area contributed by atoms with Gasteiger partial charge < -0.3 is 24.1 Å². The lowest BCUT2D eigenvalue weighted by Gasteiger charge is -2.22. The fourth-order valence-electron chi connectivity index (χ4n) is 4.30. The van der Waals surface area contributed by atoms with Gasteiger partial charge in [0.1, 0.15) is 6.61 Å². The van der Waals surface area contributed by atoms with Gasteiger partial charge in [-0.25, -0.2) is 4.98 Å². The van der Waals surface area contributed by atoms with Gasteiger partial charge in [-0.3, -0.25) is 19.1 Å². The Kier molecular flexibility index (Phi) is 9.26. The number of rotatable bonds is 13. The van der Waals surface area contributed by atoms with Crippen LogP contribution in [-0.4, -0.2) is 51.3 Å². The molecule has 2 aromatic heterocycles. The van der Waals surface area contributed by atoms with Crippen LogP contribution < -0.4 is 11.3 Å². The van der Waals surface area contributed by atoms with E-state index in [1.165, 1.54) is 6.33 Å². The normalized spacial score (nSPS) is 16.1. The second kappa shape index (κ2) is 12.6. The number of nitrogen functional groups attached to an aromatic ring is 1. The van der Waals surface area contributed by atoms with Crippen LogP contribution in [0.5, 0.6) is 0 Å². The first-order valence-electron chi connectivity index (χ1n) is 12.6. The van der Waals surface area contributed by atoms with Gasteiger partial charge in [0.2, 0.25) is 5.95 Å². The fourth-order valence-corrected chi connectivity index (χ4v) is 5.66. The first-order chi connectivity index (χ1) is 17.8. The third kappa shape index (κ3) is 7.58. The van der Waals surface area contributed by atoms with Crippen molar-refractivity contribution in [3.63, 3.8) is 0 Å². The third-order valence-electron chi connectivity index (χ3n) is 6.49. The first kappa shape index (κ1) is 27.2. The number of nitrogens with one attached hydrogen (secondary N) is 1. The molecule has 3 N–H and O–H groups in total. The first-order valence-corrected chi connectivity index (χ1v) is 14.3. The smallest absolute Gasteiger partial charge is 0.333 e. The summed E-state index contributed by atoms with van der Waals surface area (Å²) in [5.41, 5.74) is 7.76. The number of anilines is 1. The largest absolute Gasteiger partial charge is 0.379 e. The summed E-state index contributed by atoms with van der Waals surface area (Å²) >= 11 is 0. The minimum absolute atomic E-state index is 0.00625. The molecule has 0 spiro atoms. The van der Waals surface area contributed by atoms with Crippen molar-refractivity contribution >= 4 is 30.5 Å². The molecule has 0 radical (unpaired) electrons. The molecule has 37 heavy (non-hydrogen) atoms. The number of carbonyl (C=O) groups is 1. The van der Waals surface area contributed by atoms with Crippen molar-refractivity contribution in [3.05, 3.63) is 52.1 Å². The number of imidazole rings is 1. The summed E-state index contributed by atoms with van der Waals surface area (Å²) in [6, 6.07) is 7.72. The Morgan fingerprint density at radius 3 is 2.68 bits per heavy atom. The number of ether oxygens (including phenoxy) is 1. The van der Waals surface area contributed by atoms with Crippen LogP contribution in [0.15, 0.2) is 35.4 Å². The maximum atomic E-state index is 13.5. The van der Waals surface area contributed by atoms with Gasteiger partial charge in [-0.15, -0.1) is 0 Å². The monoisotopic (exact) mass is 531 g/mol. The second-order valence-corrected chi connectivity index (χ2v) is 11.5. The summed E-state index contributed by atoms with van der Waals surface area (Å²) in [7, 11) is -3.59. The van der Waals surface area contributed by atoms with E-state index in [1.807, 2.05) is 31.2 Å². The summed E-state index contributed by atoms with van der Waals surface area (Å²) < 4.78 is 32.3. The van der Waals surface area contributed by atoms with E-state index in [1.54, 1.807) is 4.57 Å². The molecule has 1 saturated carbocycles. The molecule has 200 valence electrons. The predicted octanol–water partition coefficient (Wildman–Crippen LogP) is 3.60. The second-order valence-electron chi connectivity index (χ2n) is 9.34. The number of nitrogens with two attached hydrogens (primary N) is 1. The van der Waals surface area contributed by atoms with Crippen LogP contribution in [0, 0.1) is 12.8 Å². The van der Waals surface area contributed by atoms with E-state index < -0.39 is 13.2 Å². The molecule has 3 aromatic rings. The zero-order chi connectivity index (χ0) is 26.3. The van der Waals surface area contributed by atoms with Gasteiger partial charge in [0.25, 0.3) is 5.56 Å². The molecule has 0 bridgehead atoms. The van der Waals surface area contributed by atoms with Crippen LogP contribution in [-0.2, 0) is 36.3 Å². The van der Waals surface area contributed by atoms with Gasteiger partial charge in [0.05, 0.1) is 32.3 Å². The van der Waals surface area contributed by atoms with Crippen LogP contribution in [0.1, 0.15) is 43.2 Å². The van der Waals surface area contributed by atoms with Gasteiger partial charge >= 0.3 is 7.60 Å². The van der Waals surface area contributed by atoms with E-state index in [-0.39, 0.29) is 55.8 Å². The highest BCUT2D eigenvalue weighted by Crippen LogP contribution is 2.49. The van der Waals surface area contributed by atoms with Gasteiger partial charge in [-0.1, -0.05) is 49.1 Å². The molecule has 1 atom stereocenters. The van der Waals surface area contributed by atoms with E-state index >= 15 is 0 Å². The molecule has 0 saturated heterocycles. The number of hydrogen-bond acceptors (Lipinski definition) is 9. The zero-order valence-electron chi connectivity index (χ0n) is 21.1. The highest BCUT2D eigenvalue weighted by molar-refractivity contribution is 7.53. The Morgan fingerprint density at radius 1 is 1.16 bits per heavy atom. The van der Waals surface area contributed by atoms with Crippen molar-refractivity contribution in [2.75, 3.05) is 31.7 Å². The zero-order valence-corrected chi connectivity index (χ0v) is 22.0. The van der Waals surface area contributed by atoms with E-state index in [2.05, 4.69) is 15.0 Å². The summed E-state index contributed by atoms with van der Waals surface area (Å²) in [4.78, 5) is 35.2. The number of benzene rings is 1. The van der Waals surface area contributed by atoms with Gasteiger partial charge in [0.15, 0.2) is 16.9 Å². The number of hydrogen-bond donors (Lipinski definition) is 2. The molecular weight excluding hydrogens is 497 g/mol. The lowest BCUT2D eigenvalue weighted by molar-refractivity contribution is -0.126. The number of fused-ring (bicyclic) bond motifs is 1. The number of aromatic nitrogens is 4. The molecular formula is C25H34N5O6P. The molecule has 1 unspecified atom stereocenters. The van der Waals surface area contributed by atoms with Crippen molar-refractivity contribution in [1.29, 1.82) is 0 Å². The van der Waals surface area contributed by atoms with Crippen molar-refractivity contribution in [2.24, 2.45) is 5.92 Å². The molecule has 1 aliphatic rings. The lowest BCUT2D eigenvalue weighted by atomic mass is 9.86. The van der Waals surface area contributed by atoms with E-state index in [0.717, 1.165) is 43.2 Å². The minimum atomic E-state index is -3.59. The molecule has 4 rings (SSSR count). The number of H-pyrrole nitrogens is 1. The maximum Gasteiger partial charge on any atom is 0.333 e. The van der Waals surface area contributed by atoms with Gasteiger partial charge in [-0.2, -0.15) is 4.98 Å². The molecule has 2 heterocycles. The number of aromatic amines is 1. The average Bonchev–Trinajstić information content (AvgIpc) is 3.30. The van der Waals surface area contributed by atoms with Gasteiger partial charge in [0, 0.05) is 12.5 Å². The Labute approximate surface area is 215 Å². The summed E-state index contributed by atoms with van der Waals surface area (Å²) in [6.07, 6.45) is 6.43. The molecule has 0 amide bonds. The number of ketones is 1. The fraction of sp³-hybridized carbons (Fsp3) is 0.520. The molecule has 1 fully saturated rings. The number of carbonyl (C=O) groups excluding carboxylic acids is 1. The highest BCUT2D eigenvalue weighted by atomic mass is 31.2. The van der Waals surface area contributed by atoms with Crippen LogP contribution in [0.3, 0.4) is 0 Å². The average molecular weight is 532 g/mol. The third-order valence-corrected chi connectivity index (χ3v) is 8.27. The van der Waals surface area contributed by atoms with E-state index in [9.17, 15) is 14.2 Å². The molecule has 1 aliphatic carbocycles. The summed E-state index contributed by atoms with van der Waals surface area (Å²) in [5.74, 6) is -0.0456. The number of Topliss-reactive ketones (excluding diaryl/α,β-unsaturated/α-hetero) is 1. The molecule has 11 nitrogen and oxygen atoms in total. The quantitative estimate of drug-likeness (QED) is 0.249. The Balaban J connectivity index is 1.31. The topological polar surface area (TPSA) is 151 Å².